The lowest BCUT2D eigenvalue weighted by atomic mass is 9.83. The number of ether oxygens (including phenoxy) is 1. The number of hydrogen-bond donors (Lipinski definition) is 1. The molecular formula is C26H25FN2O5S. The van der Waals surface area contributed by atoms with Gasteiger partial charge in [0.05, 0.1) is 12.8 Å². The Hall–Kier alpha value is -3.85. The maximum Gasteiger partial charge on any atom is 0.488 e. The number of halogens is 1. The normalized spacial score (nSPS) is 14.3. The number of amides is 2. The molecule has 0 unspecified atom stereocenters. The standard InChI is InChI=1S/C26H25FN2O5S/c1-16-10-11-29(25(30)28-16)20-14-22(24(33-5)23(15-20)26(2,3)4)19-7-6-18-13-21(34-35(27,31)32)9-8-17(18)12-19/h6-15H,1H2,2-5H3,(H,28,30). The van der Waals surface area contributed by atoms with E-state index in [1.165, 1.54) is 17.0 Å². The second-order valence-electron chi connectivity index (χ2n) is 9.17. The molecule has 3 aromatic rings. The summed E-state index contributed by atoms with van der Waals surface area (Å²) in [4.78, 5) is 14.2. The fraction of sp³-hybridized carbons (Fsp3) is 0.192. The third-order valence-corrected chi connectivity index (χ3v) is 5.99. The minimum atomic E-state index is -5.11. The van der Waals surface area contributed by atoms with Crippen LogP contribution in [0.1, 0.15) is 26.3 Å². The molecule has 1 aliphatic heterocycles. The quantitative estimate of drug-likeness (QED) is 0.441. The average Bonchev–Trinajstić information content (AvgIpc) is 2.76. The van der Waals surface area contributed by atoms with Crippen molar-refractivity contribution in [1.29, 1.82) is 0 Å². The van der Waals surface area contributed by atoms with Crippen molar-refractivity contribution >= 4 is 33.0 Å². The highest BCUT2D eigenvalue weighted by atomic mass is 32.3. The monoisotopic (exact) mass is 496 g/mol. The maximum atomic E-state index is 12.9. The second-order valence-corrected chi connectivity index (χ2v) is 10.1. The molecule has 1 N–H and O–H groups in total. The molecule has 1 aliphatic rings. The Morgan fingerprint density at radius 2 is 1.71 bits per heavy atom. The lowest BCUT2D eigenvalue weighted by Crippen LogP contribution is -2.38. The Morgan fingerprint density at radius 1 is 1.03 bits per heavy atom. The van der Waals surface area contributed by atoms with E-state index in [0.29, 0.717) is 22.5 Å². The van der Waals surface area contributed by atoms with Gasteiger partial charge in [0.2, 0.25) is 0 Å². The molecule has 0 bridgehead atoms. The molecule has 35 heavy (non-hydrogen) atoms. The summed E-state index contributed by atoms with van der Waals surface area (Å²) in [5.74, 6) is 0.557. The lowest BCUT2D eigenvalue weighted by Gasteiger charge is -2.29. The molecule has 4 rings (SSSR count). The number of fused-ring (bicyclic) bond motifs is 1. The summed E-state index contributed by atoms with van der Waals surface area (Å²) in [5.41, 5.74) is 3.37. The largest absolute Gasteiger partial charge is 0.496 e. The fourth-order valence-corrected chi connectivity index (χ4v) is 4.31. The van der Waals surface area contributed by atoms with Crippen LogP contribution in [0.4, 0.5) is 14.4 Å². The zero-order valence-corrected chi connectivity index (χ0v) is 20.6. The predicted molar refractivity (Wildman–Crippen MR) is 135 cm³/mol. The molecule has 0 radical (unpaired) electrons. The first-order valence-corrected chi connectivity index (χ1v) is 12.0. The molecule has 2 amide bonds. The topological polar surface area (TPSA) is 84.9 Å². The Morgan fingerprint density at radius 3 is 2.34 bits per heavy atom. The van der Waals surface area contributed by atoms with Gasteiger partial charge in [0.15, 0.2) is 0 Å². The minimum absolute atomic E-state index is 0.119. The first-order valence-electron chi connectivity index (χ1n) is 10.7. The molecule has 0 aliphatic carbocycles. The first kappa shape index (κ1) is 24.3. The molecule has 0 aromatic heterocycles. The molecule has 0 saturated heterocycles. The highest BCUT2D eigenvalue weighted by Crippen LogP contribution is 2.43. The predicted octanol–water partition coefficient (Wildman–Crippen LogP) is 5.96. The Balaban J connectivity index is 1.89. The van der Waals surface area contributed by atoms with E-state index in [1.54, 1.807) is 31.5 Å². The molecular weight excluding hydrogens is 471 g/mol. The number of nitrogens with one attached hydrogen (secondary N) is 1. The third-order valence-electron chi connectivity index (χ3n) is 5.59. The molecule has 182 valence electrons. The van der Waals surface area contributed by atoms with Crippen LogP contribution in [0.2, 0.25) is 0 Å². The van der Waals surface area contributed by atoms with Gasteiger partial charge in [-0.2, -0.15) is 8.42 Å². The van der Waals surface area contributed by atoms with E-state index in [-0.39, 0.29) is 17.2 Å². The van der Waals surface area contributed by atoms with Crippen LogP contribution in [0, 0.1) is 0 Å². The smallest absolute Gasteiger partial charge is 0.488 e. The van der Waals surface area contributed by atoms with Crippen molar-refractivity contribution in [3.8, 4) is 22.6 Å². The van der Waals surface area contributed by atoms with Gasteiger partial charge in [0.25, 0.3) is 0 Å². The van der Waals surface area contributed by atoms with Crippen LogP contribution in [0.25, 0.3) is 21.9 Å². The number of allylic oxidation sites excluding steroid dienone is 1. The highest BCUT2D eigenvalue weighted by Gasteiger charge is 2.26. The Kier molecular flexibility index (Phi) is 6.06. The molecule has 0 spiro atoms. The van der Waals surface area contributed by atoms with Crippen LogP contribution in [-0.2, 0) is 15.9 Å². The van der Waals surface area contributed by atoms with Crippen molar-refractivity contribution in [2.75, 3.05) is 12.0 Å². The number of carbonyl (C=O) groups excluding carboxylic acids is 1. The van der Waals surface area contributed by atoms with Crippen LogP contribution in [0.5, 0.6) is 11.5 Å². The van der Waals surface area contributed by atoms with Crippen LogP contribution < -0.4 is 19.1 Å². The first-order chi connectivity index (χ1) is 16.4. The van der Waals surface area contributed by atoms with Crippen molar-refractivity contribution in [2.24, 2.45) is 0 Å². The van der Waals surface area contributed by atoms with E-state index in [1.807, 2.05) is 24.3 Å². The van der Waals surface area contributed by atoms with E-state index in [9.17, 15) is 17.1 Å². The average molecular weight is 497 g/mol. The van der Waals surface area contributed by atoms with E-state index < -0.39 is 10.5 Å². The van der Waals surface area contributed by atoms with E-state index in [4.69, 9.17) is 4.74 Å². The summed E-state index contributed by atoms with van der Waals surface area (Å²) in [6.07, 6.45) is 3.38. The van der Waals surface area contributed by atoms with Gasteiger partial charge in [0.1, 0.15) is 11.5 Å². The molecule has 7 nitrogen and oxygen atoms in total. The third kappa shape index (κ3) is 5.14. The van der Waals surface area contributed by atoms with Gasteiger partial charge < -0.3 is 14.2 Å². The number of carbonyl (C=O) groups is 1. The number of urea groups is 1. The van der Waals surface area contributed by atoms with Crippen LogP contribution in [0.15, 0.2) is 73.1 Å². The van der Waals surface area contributed by atoms with Crippen molar-refractivity contribution in [3.63, 3.8) is 0 Å². The van der Waals surface area contributed by atoms with Crippen LogP contribution in [-0.4, -0.2) is 21.6 Å². The summed E-state index contributed by atoms with van der Waals surface area (Å²) in [7, 11) is -3.51. The molecule has 9 heteroatoms. The lowest BCUT2D eigenvalue weighted by molar-refractivity contribution is 0.250. The number of methoxy groups -OCH3 is 1. The number of nitrogens with zero attached hydrogens (tertiary/aromatic N) is 1. The minimum Gasteiger partial charge on any atom is -0.496 e. The van der Waals surface area contributed by atoms with Crippen LogP contribution in [0.3, 0.4) is 0 Å². The van der Waals surface area contributed by atoms with E-state index in [2.05, 4.69) is 36.9 Å². The molecule has 0 atom stereocenters. The molecule has 3 aromatic carbocycles. The van der Waals surface area contributed by atoms with Crippen LogP contribution >= 0.6 is 0 Å². The Bertz CT molecular complexity index is 1490. The van der Waals surface area contributed by atoms with Gasteiger partial charge >= 0.3 is 16.5 Å². The molecule has 0 saturated carbocycles. The van der Waals surface area contributed by atoms with Gasteiger partial charge in [-0.05, 0) is 58.2 Å². The number of rotatable bonds is 5. The summed E-state index contributed by atoms with van der Waals surface area (Å²) < 4.78 is 44.7. The van der Waals surface area contributed by atoms with Crippen molar-refractivity contribution in [3.05, 3.63) is 78.6 Å². The van der Waals surface area contributed by atoms with Gasteiger partial charge in [0, 0.05) is 23.0 Å². The fourth-order valence-electron chi connectivity index (χ4n) is 3.98. The molecule has 1 heterocycles. The van der Waals surface area contributed by atoms with Gasteiger partial charge in [-0.25, -0.2) is 4.79 Å². The maximum absolute atomic E-state index is 12.9. The summed E-state index contributed by atoms with van der Waals surface area (Å²) in [6, 6.07) is 13.5. The summed E-state index contributed by atoms with van der Waals surface area (Å²) >= 11 is 0. The van der Waals surface area contributed by atoms with Gasteiger partial charge in [-0.3, -0.25) is 4.90 Å². The van der Waals surface area contributed by atoms with Gasteiger partial charge in [-0.1, -0.05) is 49.4 Å². The SMILES string of the molecule is C=C1C=CN(c2cc(-c3ccc4cc(OS(=O)(=O)F)ccc4c3)c(OC)c(C(C)(C)C)c2)C(=O)N1. The summed E-state index contributed by atoms with van der Waals surface area (Å²) in [6.45, 7) is 9.96. The van der Waals surface area contributed by atoms with E-state index in [0.717, 1.165) is 22.1 Å². The Labute approximate surface area is 203 Å². The zero-order chi connectivity index (χ0) is 25.5. The van der Waals surface area contributed by atoms with Crippen molar-refractivity contribution < 1.29 is 26.0 Å². The summed E-state index contributed by atoms with van der Waals surface area (Å²) in [5, 5.41) is 4.16. The molecule has 0 fully saturated rings. The number of benzene rings is 3. The van der Waals surface area contributed by atoms with Gasteiger partial charge in [-0.15, -0.1) is 0 Å². The van der Waals surface area contributed by atoms with Crippen molar-refractivity contribution in [2.45, 2.75) is 26.2 Å². The van der Waals surface area contributed by atoms with E-state index >= 15 is 0 Å². The second kappa shape index (κ2) is 8.74. The number of anilines is 1. The number of hydrogen-bond acceptors (Lipinski definition) is 5. The zero-order valence-electron chi connectivity index (χ0n) is 19.8. The van der Waals surface area contributed by atoms with Crippen molar-refractivity contribution in [1.82, 2.24) is 5.32 Å². The highest BCUT2D eigenvalue weighted by molar-refractivity contribution is 7.81.